The molecule has 8 aromatic rings. The van der Waals surface area contributed by atoms with E-state index in [9.17, 15) is 0 Å². The Labute approximate surface area is 304 Å². The lowest BCUT2D eigenvalue weighted by Crippen LogP contribution is -2.13. The van der Waals surface area contributed by atoms with Crippen LogP contribution in [0, 0.1) is 0 Å². The zero-order valence-corrected chi connectivity index (χ0v) is 28.8. The van der Waals surface area contributed by atoms with E-state index in [1.54, 1.807) is 0 Å². The smallest absolute Gasteiger partial charge is 0.0546 e. The second-order valence-corrected chi connectivity index (χ2v) is 13.7. The van der Waals surface area contributed by atoms with E-state index in [0.717, 1.165) is 41.3 Å². The van der Waals surface area contributed by atoms with Gasteiger partial charge in [0.25, 0.3) is 0 Å². The fraction of sp³-hybridized carbons (Fsp3) is 0.0400. The molecule has 0 saturated carbocycles. The summed E-state index contributed by atoms with van der Waals surface area (Å²) in [4.78, 5) is 4.78. The van der Waals surface area contributed by atoms with Crippen LogP contribution in [-0.2, 0) is 6.42 Å². The van der Waals surface area contributed by atoms with Crippen LogP contribution in [-0.4, -0.2) is 0 Å². The molecule has 2 heteroatoms. The van der Waals surface area contributed by atoms with Crippen molar-refractivity contribution in [3.8, 4) is 11.1 Å². The summed E-state index contributed by atoms with van der Waals surface area (Å²) in [7, 11) is 0. The first-order valence-corrected chi connectivity index (χ1v) is 18.1. The molecule has 0 heterocycles. The van der Waals surface area contributed by atoms with Crippen molar-refractivity contribution >= 4 is 67.3 Å². The van der Waals surface area contributed by atoms with Gasteiger partial charge in [-0.3, -0.25) is 0 Å². The number of nitrogens with zero attached hydrogens (tertiary/aromatic N) is 2. The van der Waals surface area contributed by atoms with Crippen molar-refractivity contribution in [2.45, 2.75) is 12.8 Å². The number of rotatable bonds is 7. The lowest BCUT2D eigenvalue weighted by atomic mass is 9.81. The molecule has 0 fully saturated rings. The molecule has 0 unspecified atom stereocenters. The number of anilines is 6. The Bertz CT molecular complexity index is 2650. The highest BCUT2D eigenvalue weighted by Gasteiger charge is 2.25. The molecule has 0 bridgehead atoms. The highest BCUT2D eigenvalue weighted by molar-refractivity contribution is 6.10. The van der Waals surface area contributed by atoms with Crippen LogP contribution in [0.2, 0.25) is 0 Å². The first-order valence-electron chi connectivity index (χ1n) is 18.1. The molecule has 2 aliphatic rings. The molecule has 0 saturated heterocycles. The minimum atomic E-state index is 0.986. The van der Waals surface area contributed by atoms with Crippen molar-refractivity contribution in [3.63, 3.8) is 0 Å². The predicted octanol–water partition coefficient (Wildman–Crippen LogP) is 14.0. The van der Waals surface area contributed by atoms with Gasteiger partial charge in [0.1, 0.15) is 0 Å². The van der Waals surface area contributed by atoms with Crippen LogP contribution >= 0.6 is 0 Å². The number of hydrogen-bond acceptors (Lipinski definition) is 2. The summed E-state index contributed by atoms with van der Waals surface area (Å²) in [5.74, 6) is 0. The van der Waals surface area contributed by atoms with E-state index in [1.807, 2.05) is 0 Å². The first-order chi connectivity index (χ1) is 25.8. The van der Waals surface area contributed by atoms with Crippen LogP contribution in [0.15, 0.2) is 188 Å². The second kappa shape index (κ2) is 12.6. The maximum absolute atomic E-state index is 2.43. The third-order valence-electron chi connectivity index (χ3n) is 10.6. The summed E-state index contributed by atoms with van der Waals surface area (Å²) in [5, 5.41) is 5.16. The van der Waals surface area contributed by atoms with Gasteiger partial charge >= 0.3 is 0 Å². The molecule has 0 atom stereocenters. The Morgan fingerprint density at radius 2 is 0.981 bits per heavy atom. The van der Waals surface area contributed by atoms with Crippen LogP contribution in [0.3, 0.4) is 0 Å². The normalized spacial score (nSPS) is 12.9. The average Bonchev–Trinajstić information content (AvgIpc) is 3.22. The molecular weight excluding hydrogens is 629 g/mol. The molecule has 0 spiro atoms. The predicted molar refractivity (Wildman–Crippen MR) is 222 cm³/mol. The summed E-state index contributed by atoms with van der Waals surface area (Å²) < 4.78 is 0. The van der Waals surface area contributed by atoms with Gasteiger partial charge in [-0.1, -0.05) is 133 Å². The molecular formula is C50H36N2. The SMILES string of the molecule is C1=Cc2cc(N(c3ccccc3)c3ccc(-c4ccc(N(c5ccccc5)c5cccc6ccccc56)cc4)cc3)c3cccc4c3c2C(=CC4)C1. The third kappa shape index (κ3) is 5.11. The van der Waals surface area contributed by atoms with Crippen molar-refractivity contribution < 1.29 is 0 Å². The summed E-state index contributed by atoms with van der Waals surface area (Å²) in [6.45, 7) is 0. The monoisotopic (exact) mass is 664 g/mol. The van der Waals surface area contributed by atoms with Crippen LogP contribution in [0.25, 0.3) is 44.3 Å². The number of benzene rings is 8. The number of allylic oxidation sites excluding steroid dienone is 3. The second-order valence-electron chi connectivity index (χ2n) is 13.7. The molecule has 52 heavy (non-hydrogen) atoms. The fourth-order valence-corrected chi connectivity index (χ4v) is 8.23. The van der Waals surface area contributed by atoms with Gasteiger partial charge in [0, 0.05) is 33.5 Å². The zero-order valence-electron chi connectivity index (χ0n) is 28.8. The van der Waals surface area contributed by atoms with Gasteiger partial charge in [-0.25, -0.2) is 0 Å². The molecule has 0 aromatic heterocycles. The Balaban J connectivity index is 1.04. The molecule has 0 N–H and O–H groups in total. The van der Waals surface area contributed by atoms with Crippen LogP contribution < -0.4 is 9.80 Å². The van der Waals surface area contributed by atoms with Gasteiger partial charge in [0.05, 0.1) is 11.4 Å². The van der Waals surface area contributed by atoms with Gasteiger partial charge in [-0.15, -0.1) is 0 Å². The standard InChI is InChI=1S/C50H36N2/c1-3-17-41(18-4-1)51(47-23-11-13-37-12-7-8-21-45(37)47)43-30-26-35(27-31-43)36-28-32-44(33-29-36)52(42-19-5-2-6-20-42)48-34-40-16-9-14-38-24-25-39-15-10-22-46(48)50(39)49(38)40/h1-13,15-24,26-34H,14,25H2. The summed E-state index contributed by atoms with van der Waals surface area (Å²) in [6, 6.07) is 63.8. The highest BCUT2D eigenvalue weighted by Crippen LogP contribution is 2.47. The van der Waals surface area contributed by atoms with Gasteiger partial charge in [0.2, 0.25) is 0 Å². The maximum atomic E-state index is 2.43. The van der Waals surface area contributed by atoms with E-state index in [0.29, 0.717) is 0 Å². The Hall–Kier alpha value is -6.64. The van der Waals surface area contributed by atoms with Crippen molar-refractivity contribution in [2.75, 3.05) is 9.80 Å². The third-order valence-corrected chi connectivity index (χ3v) is 10.6. The molecule has 0 aliphatic heterocycles. The van der Waals surface area contributed by atoms with E-state index in [2.05, 4.69) is 204 Å². The molecule has 0 amide bonds. The molecule has 8 aromatic carbocycles. The van der Waals surface area contributed by atoms with Crippen molar-refractivity contribution in [1.82, 2.24) is 0 Å². The van der Waals surface area contributed by atoms with Gasteiger partial charge in [-0.2, -0.15) is 0 Å². The van der Waals surface area contributed by atoms with E-state index >= 15 is 0 Å². The van der Waals surface area contributed by atoms with Crippen molar-refractivity contribution in [3.05, 3.63) is 205 Å². The fourth-order valence-electron chi connectivity index (χ4n) is 8.23. The van der Waals surface area contributed by atoms with Crippen LogP contribution in [0.4, 0.5) is 34.1 Å². The lowest BCUT2D eigenvalue weighted by molar-refractivity contribution is 1.22. The molecule has 246 valence electrons. The molecule has 0 radical (unpaired) electrons. The summed E-state index contributed by atoms with van der Waals surface area (Å²) >= 11 is 0. The summed E-state index contributed by atoms with van der Waals surface area (Å²) in [5.41, 5.74) is 14.9. The molecule has 2 nitrogen and oxygen atoms in total. The quantitative estimate of drug-likeness (QED) is 0.167. The molecule has 10 rings (SSSR count). The Morgan fingerprint density at radius 1 is 0.423 bits per heavy atom. The van der Waals surface area contributed by atoms with E-state index < -0.39 is 0 Å². The van der Waals surface area contributed by atoms with E-state index in [-0.39, 0.29) is 0 Å². The first kappa shape index (κ1) is 30.2. The lowest BCUT2D eigenvalue weighted by Gasteiger charge is -2.31. The van der Waals surface area contributed by atoms with Gasteiger partial charge in [-0.05, 0) is 118 Å². The van der Waals surface area contributed by atoms with Crippen molar-refractivity contribution in [2.24, 2.45) is 0 Å². The van der Waals surface area contributed by atoms with Crippen molar-refractivity contribution in [1.29, 1.82) is 0 Å². The van der Waals surface area contributed by atoms with Crippen LogP contribution in [0.1, 0.15) is 23.1 Å². The average molecular weight is 665 g/mol. The van der Waals surface area contributed by atoms with E-state index in [1.165, 1.54) is 60.6 Å². The molecule has 2 aliphatic carbocycles. The zero-order chi connectivity index (χ0) is 34.4. The number of para-hydroxylation sites is 2. The minimum absolute atomic E-state index is 0.986. The van der Waals surface area contributed by atoms with E-state index in [4.69, 9.17) is 0 Å². The Kier molecular flexibility index (Phi) is 7.32. The number of fused-ring (bicyclic) bond motifs is 1. The topological polar surface area (TPSA) is 6.48 Å². The van der Waals surface area contributed by atoms with Gasteiger partial charge in [0.15, 0.2) is 0 Å². The number of hydrogen-bond donors (Lipinski definition) is 0. The minimum Gasteiger partial charge on any atom is -0.310 e. The van der Waals surface area contributed by atoms with Crippen LogP contribution in [0.5, 0.6) is 0 Å². The van der Waals surface area contributed by atoms with Gasteiger partial charge < -0.3 is 9.80 Å². The maximum Gasteiger partial charge on any atom is 0.0546 e. The largest absolute Gasteiger partial charge is 0.310 e. The summed E-state index contributed by atoms with van der Waals surface area (Å²) in [6.07, 6.45) is 9.04. The highest BCUT2D eigenvalue weighted by atomic mass is 15.1. The Morgan fingerprint density at radius 3 is 1.67 bits per heavy atom.